The number of para-hydroxylation sites is 1. The fraction of sp³-hybridized carbons (Fsp3) is 0.136. The summed E-state index contributed by atoms with van der Waals surface area (Å²) in [5, 5.41) is 0.358. The standard InChI is InChI=1S/C22H18BrNS/c1-15-6-8-16(9-7-15)20-14-22(17-10-12-18(23)13-11-17)25-21-5-3-2-4-19(21)24-20/h2-13,22H,14H2,1H3/t22-/m1/s1. The zero-order valence-corrected chi connectivity index (χ0v) is 16.3. The molecule has 0 radical (unpaired) electrons. The largest absolute Gasteiger partial charge is 0.252 e. The number of rotatable bonds is 2. The molecule has 124 valence electrons. The molecule has 0 N–H and O–H groups in total. The van der Waals surface area contributed by atoms with Crippen LogP contribution in [0.5, 0.6) is 0 Å². The average molecular weight is 408 g/mol. The van der Waals surface area contributed by atoms with E-state index in [0.717, 1.165) is 22.3 Å². The molecule has 1 aliphatic rings. The number of benzene rings is 3. The van der Waals surface area contributed by atoms with Crippen LogP contribution in [0.2, 0.25) is 0 Å². The van der Waals surface area contributed by atoms with Gasteiger partial charge in [-0.1, -0.05) is 70.0 Å². The minimum Gasteiger partial charge on any atom is -0.252 e. The summed E-state index contributed by atoms with van der Waals surface area (Å²) in [4.78, 5) is 6.27. The second-order valence-corrected chi connectivity index (χ2v) is 8.41. The van der Waals surface area contributed by atoms with Gasteiger partial charge in [-0.05, 0) is 42.3 Å². The van der Waals surface area contributed by atoms with Crippen molar-refractivity contribution < 1.29 is 0 Å². The predicted octanol–water partition coefficient (Wildman–Crippen LogP) is 7.12. The Morgan fingerprint density at radius 3 is 2.40 bits per heavy atom. The molecule has 0 unspecified atom stereocenters. The van der Waals surface area contributed by atoms with Gasteiger partial charge in [-0.25, -0.2) is 0 Å². The van der Waals surface area contributed by atoms with Crippen LogP contribution < -0.4 is 0 Å². The first-order valence-electron chi connectivity index (χ1n) is 8.35. The molecule has 4 rings (SSSR count). The second kappa shape index (κ2) is 7.19. The Bertz CT molecular complexity index is 914. The molecule has 0 aliphatic carbocycles. The molecule has 0 saturated heterocycles. The van der Waals surface area contributed by atoms with Crippen molar-refractivity contribution in [3.63, 3.8) is 0 Å². The van der Waals surface area contributed by atoms with Crippen LogP contribution in [0.15, 0.2) is 87.2 Å². The number of halogens is 1. The van der Waals surface area contributed by atoms with Gasteiger partial charge in [0, 0.05) is 26.8 Å². The summed E-state index contributed by atoms with van der Waals surface area (Å²) in [6.45, 7) is 2.12. The summed E-state index contributed by atoms with van der Waals surface area (Å²) in [5.74, 6) is 0. The van der Waals surface area contributed by atoms with E-state index in [1.54, 1.807) is 0 Å². The van der Waals surface area contributed by atoms with Crippen molar-refractivity contribution in [2.45, 2.75) is 23.5 Å². The molecule has 1 atom stereocenters. The highest BCUT2D eigenvalue weighted by Gasteiger charge is 2.22. The first-order chi connectivity index (χ1) is 12.2. The third-order valence-corrected chi connectivity index (χ3v) is 6.25. The Balaban J connectivity index is 1.78. The van der Waals surface area contributed by atoms with Crippen molar-refractivity contribution in [3.05, 3.63) is 94.0 Å². The van der Waals surface area contributed by atoms with Crippen LogP contribution in [-0.4, -0.2) is 5.71 Å². The van der Waals surface area contributed by atoms with Crippen LogP contribution in [0.3, 0.4) is 0 Å². The molecule has 25 heavy (non-hydrogen) atoms. The first-order valence-corrected chi connectivity index (χ1v) is 10.0. The van der Waals surface area contributed by atoms with E-state index in [1.165, 1.54) is 21.6 Å². The summed E-state index contributed by atoms with van der Waals surface area (Å²) in [5.41, 5.74) is 6.06. The van der Waals surface area contributed by atoms with Gasteiger partial charge in [0.05, 0.1) is 5.69 Å². The summed E-state index contributed by atoms with van der Waals surface area (Å²) < 4.78 is 1.11. The van der Waals surface area contributed by atoms with Gasteiger partial charge in [-0.2, -0.15) is 0 Å². The molecule has 3 aromatic carbocycles. The SMILES string of the molecule is Cc1ccc(C2=Nc3ccccc3S[C@@H](c3ccc(Br)cc3)C2)cc1. The van der Waals surface area contributed by atoms with Gasteiger partial charge in [-0.3, -0.25) is 4.99 Å². The zero-order chi connectivity index (χ0) is 17.2. The van der Waals surface area contributed by atoms with Crippen LogP contribution in [0.25, 0.3) is 0 Å². The van der Waals surface area contributed by atoms with E-state index in [2.05, 4.69) is 95.7 Å². The lowest BCUT2D eigenvalue weighted by molar-refractivity contribution is 1.01. The maximum atomic E-state index is 5.02. The number of fused-ring (bicyclic) bond motifs is 1. The lowest BCUT2D eigenvalue weighted by Gasteiger charge is -2.16. The number of thioether (sulfide) groups is 1. The normalized spacial score (nSPS) is 16.7. The maximum absolute atomic E-state index is 5.02. The van der Waals surface area contributed by atoms with E-state index in [4.69, 9.17) is 4.99 Å². The van der Waals surface area contributed by atoms with E-state index in [9.17, 15) is 0 Å². The fourth-order valence-electron chi connectivity index (χ4n) is 3.00. The minimum atomic E-state index is 0.358. The number of hydrogen-bond acceptors (Lipinski definition) is 2. The van der Waals surface area contributed by atoms with Gasteiger partial charge >= 0.3 is 0 Å². The molecule has 0 saturated carbocycles. The Morgan fingerprint density at radius 2 is 1.64 bits per heavy atom. The topological polar surface area (TPSA) is 12.4 Å². The average Bonchev–Trinajstić information content (AvgIpc) is 2.82. The summed E-state index contributed by atoms with van der Waals surface area (Å²) >= 11 is 5.44. The van der Waals surface area contributed by atoms with E-state index < -0.39 is 0 Å². The van der Waals surface area contributed by atoms with Gasteiger partial charge in [0.2, 0.25) is 0 Å². The van der Waals surface area contributed by atoms with Crippen LogP contribution in [0, 0.1) is 6.92 Å². The molecular formula is C22H18BrNS. The number of nitrogens with zero attached hydrogens (tertiary/aromatic N) is 1. The molecule has 0 bridgehead atoms. The van der Waals surface area contributed by atoms with Crippen LogP contribution in [0.1, 0.15) is 28.4 Å². The third-order valence-electron chi connectivity index (χ3n) is 4.40. The Hall–Kier alpha value is -1.84. The smallest absolute Gasteiger partial charge is 0.0769 e. The van der Waals surface area contributed by atoms with Crippen molar-refractivity contribution in [1.29, 1.82) is 0 Å². The quantitative estimate of drug-likeness (QED) is 0.440. The van der Waals surface area contributed by atoms with Gasteiger partial charge in [0.1, 0.15) is 0 Å². The maximum Gasteiger partial charge on any atom is 0.0769 e. The van der Waals surface area contributed by atoms with Crippen molar-refractivity contribution in [2.75, 3.05) is 0 Å². The number of aliphatic imine (C=N–C) groups is 1. The Labute approximate surface area is 161 Å². The van der Waals surface area contributed by atoms with Crippen molar-refractivity contribution in [3.8, 4) is 0 Å². The molecule has 0 aromatic heterocycles. The van der Waals surface area contributed by atoms with Gasteiger partial charge in [-0.15, -0.1) is 11.8 Å². The molecule has 0 spiro atoms. The number of aryl methyl sites for hydroxylation is 1. The van der Waals surface area contributed by atoms with E-state index >= 15 is 0 Å². The van der Waals surface area contributed by atoms with Crippen LogP contribution in [0.4, 0.5) is 5.69 Å². The molecule has 1 nitrogen and oxygen atoms in total. The molecule has 1 aliphatic heterocycles. The molecule has 0 fully saturated rings. The Kier molecular flexibility index (Phi) is 4.78. The fourth-order valence-corrected chi connectivity index (χ4v) is 4.50. The lowest BCUT2D eigenvalue weighted by atomic mass is 10.0. The highest BCUT2D eigenvalue weighted by atomic mass is 79.9. The summed E-state index contributed by atoms with van der Waals surface area (Å²) in [6.07, 6.45) is 0.921. The second-order valence-electron chi connectivity index (χ2n) is 6.25. The van der Waals surface area contributed by atoms with Crippen LogP contribution >= 0.6 is 27.7 Å². The van der Waals surface area contributed by atoms with Gasteiger partial charge in [0.25, 0.3) is 0 Å². The highest BCUT2D eigenvalue weighted by Crippen LogP contribution is 2.45. The lowest BCUT2D eigenvalue weighted by Crippen LogP contribution is -2.05. The minimum absolute atomic E-state index is 0.358. The predicted molar refractivity (Wildman–Crippen MR) is 111 cm³/mol. The Morgan fingerprint density at radius 1 is 0.920 bits per heavy atom. The molecule has 3 heteroatoms. The first kappa shape index (κ1) is 16.6. The van der Waals surface area contributed by atoms with E-state index in [1.807, 2.05) is 11.8 Å². The molecule has 3 aromatic rings. The van der Waals surface area contributed by atoms with Crippen LogP contribution in [-0.2, 0) is 0 Å². The molecule has 1 heterocycles. The molecular weight excluding hydrogens is 390 g/mol. The van der Waals surface area contributed by atoms with Gasteiger partial charge in [0.15, 0.2) is 0 Å². The van der Waals surface area contributed by atoms with E-state index in [0.29, 0.717) is 5.25 Å². The highest BCUT2D eigenvalue weighted by molar-refractivity contribution is 9.10. The van der Waals surface area contributed by atoms with Crippen molar-refractivity contribution in [1.82, 2.24) is 0 Å². The number of hydrogen-bond donors (Lipinski definition) is 0. The van der Waals surface area contributed by atoms with Gasteiger partial charge < -0.3 is 0 Å². The van der Waals surface area contributed by atoms with E-state index in [-0.39, 0.29) is 0 Å². The third kappa shape index (κ3) is 3.73. The summed E-state index contributed by atoms with van der Waals surface area (Å²) in [6, 6.07) is 25.8. The van der Waals surface area contributed by atoms with Crippen molar-refractivity contribution in [2.24, 2.45) is 4.99 Å². The summed E-state index contributed by atoms with van der Waals surface area (Å²) in [7, 11) is 0. The zero-order valence-electron chi connectivity index (χ0n) is 13.9. The van der Waals surface area contributed by atoms with Crippen molar-refractivity contribution >= 4 is 39.1 Å². The molecule has 0 amide bonds. The monoisotopic (exact) mass is 407 g/mol.